The van der Waals surface area contributed by atoms with E-state index in [1.807, 2.05) is 12.1 Å². The first-order valence-corrected chi connectivity index (χ1v) is 8.14. The lowest BCUT2D eigenvalue weighted by atomic mass is 10.2. The van der Waals surface area contributed by atoms with Crippen LogP contribution in [0.25, 0.3) is 11.0 Å². The van der Waals surface area contributed by atoms with Gasteiger partial charge in [0.1, 0.15) is 0 Å². The van der Waals surface area contributed by atoms with Gasteiger partial charge in [0.15, 0.2) is 4.77 Å². The predicted octanol–water partition coefficient (Wildman–Crippen LogP) is 3.34. The van der Waals surface area contributed by atoms with Gasteiger partial charge in [-0.1, -0.05) is 12.1 Å². The number of aromatic amines is 1. The zero-order chi connectivity index (χ0) is 13.3. The Balaban J connectivity index is 2.46. The molecule has 2 unspecified atom stereocenters. The van der Waals surface area contributed by atoms with E-state index in [0.29, 0.717) is 5.75 Å². The minimum Gasteiger partial charge on any atom is -0.331 e. The Labute approximate surface area is 115 Å². The van der Waals surface area contributed by atoms with Crippen molar-refractivity contribution in [2.24, 2.45) is 0 Å². The summed E-state index contributed by atoms with van der Waals surface area (Å²) in [4.78, 5) is 3.24. The Kier molecular flexibility index (Phi) is 4.02. The molecule has 0 aliphatic carbocycles. The van der Waals surface area contributed by atoms with Crippen LogP contribution >= 0.6 is 12.2 Å². The Morgan fingerprint density at radius 3 is 2.89 bits per heavy atom. The van der Waals surface area contributed by atoms with Crippen molar-refractivity contribution in [3.8, 4) is 0 Å². The molecule has 18 heavy (non-hydrogen) atoms. The molecule has 0 aliphatic rings. The highest BCUT2D eigenvalue weighted by Gasteiger charge is 2.12. The monoisotopic (exact) mass is 282 g/mol. The molecule has 0 radical (unpaired) electrons. The summed E-state index contributed by atoms with van der Waals surface area (Å²) in [7, 11) is -0.751. The number of para-hydroxylation sites is 1. The normalized spacial score (nSPS) is 14.8. The second-order valence-corrected chi connectivity index (χ2v) is 6.63. The summed E-state index contributed by atoms with van der Waals surface area (Å²) in [6.45, 7) is 4.22. The number of imidazole rings is 1. The maximum atomic E-state index is 11.2. The fourth-order valence-electron chi connectivity index (χ4n) is 2.24. The lowest BCUT2D eigenvalue weighted by Crippen LogP contribution is -2.09. The van der Waals surface area contributed by atoms with E-state index in [4.69, 9.17) is 12.2 Å². The number of aryl methyl sites for hydroxylation is 1. The fraction of sp³-hybridized carbons (Fsp3) is 0.462. The minimum absolute atomic E-state index is 0.260. The Morgan fingerprint density at radius 1 is 1.50 bits per heavy atom. The highest BCUT2D eigenvalue weighted by atomic mass is 32.2. The van der Waals surface area contributed by atoms with Gasteiger partial charge in [0, 0.05) is 28.9 Å². The lowest BCUT2D eigenvalue weighted by molar-refractivity contribution is 0.539. The molecular formula is C13H18N2OS2. The third-order valence-corrected chi connectivity index (χ3v) is 4.31. The molecule has 0 aliphatic heterocycles. The van der Waals surface area contributed by atoms with Crippen LogP contribution in [-0.4, -0.2) is 25.8 Å². The summed E-state index contributed by atoms with van der Waals surface area (Å²) >= 11 is 5.40. The summed E-state index contributed by atoms with van der Waals surface area (Å²) in [6.07, 6.45) is 2.62. The van der Waals surface area contributed by atoms with Crippen molar-refractivity contribution < 1.29 is 4.21 Å². The standard InChI is InChI=1S/C13H18N2OS2/c1-9-5-4-6-11-12(9)15(13(17)14-11)10(2)7-8-18(3)16/h4-6,10H,7-8H2,1-3H3,(H,14,17). The van der Waals surface area contributed by atoms with Gasteiger partial charge in [-0.2, -0.15) is 0 Å². The molecule has 0 saturated heterocycles. The van der Waals surface area contributed by atoms with E-state index in [-0.39, 0.29) is 6.04 Å². The van der Waals surface area contributed by atoms with E-state index in [1.165, 1.54) is 5.56 Å². The summed E-state index contributed by atoms with van der Waals surface area (Å²) in [5.74, 6) is 0.710. The molecular weight excluding hydrogens is 264 g/mol. The van der Waals surface area contributed by atoms with Crippen LogP contribution in [0.4, 0.5) is 0 Å². The molecule has 2 atom stereocenters. The van der Waals surface area contributed by atoms with E-state index in [1.54, 1.807) is 6.26 Å². The number of hydrogen-bond donors (Lipinski definition) is 1. The molecule has 5 heteroatoms. The summed E-state index contributed by atoms with van der Waals surface area (Å²) in [5.41, 5.74) is 3.45. The molecule has 0 amide bonds. The van der Waals surface area contributed by atoms with E-state index >= 15 is 0 Å². The number of fused-ring (bicyclic) bond motifs is 1. The van der Waals surface area contributed by atoms with Gasteiger partial charge >= 0.3 is 0 Å². The highest BCUT2D eigenvalue weighted by molar-refractivity contribution is 7.84. The van der Waals surface area contributed by atoms with Crippen molar-refractivity contribution in [1.82, 2.24) is 9.55 Å². The molecule has 1 aromatic carbocycles. The molecule has 0 fully saturated rings. The van der Waals surface area contributed by atoms with Crippen molar-refractivity contribution >= 4 is 34.1 Å². The van der Waals surface area contributed by atoms with Crippen molar-refractivity contribution in [2.45, 2.75) is 26.3 Å². The smallest absolute Gasteiger partial charge is 0.178 e. The van der Waals surface area contributed by atoms with Crippen LogP contribution in [0, 0.1) is 11.7 Å². The van der Waals surface area contributed by atoms with Crippen molar-refractivity contribution in [3.05, 3.63) is 28.5 Å². The molecule has 1 N–H and O–H groups in total. The molecule has 1 heterocycles. The number of benzene rings is 1. The zero-order valence-corrected chi connectivity index (χ0v) is 12.5. The molecule has 0 spiro atoms. The number of nitrogens with one attached hydrogen (secondary N) is 1. The lowest BCUT2D eigenvalue weighted by Gasteiger charge is -2.14. The maximum Gasteiger partial charge on any atom is 0.178 e. The van der Waals surface area contributed by atoms with Gasteiger partial charge in [0.2, 0.25) is 0 Å². The average Bonchev–Trinajstić information content (AvgIpc) is 2.63. The third kappa shape index (κ3) is 2.57. The van der Waals surface area contributed by atoms with Gasteiger partial charge in [0.05, 0.1) is 11.0 Å². The Hall–Kier alpha value is -0.940. The Morgan fingerprint density at radius 2 is 2.22 bits per heavy atom. The van der Waals surface area contributed by atoms with Crippen LogP contribution in [-0.2, 0) is 10.8 Å². The van der Waals surface area contributed by atoms with Gasteiger partial charge in [-0.3, -0.25) is 4.21 Å². The number of rotatable bonds is 4. The van der Waals surface area contributed by atoms with E-state index < -0.39 is 10.8 Å². The molecule has 0 bridgehead atoms. The molecule has 3 nitrogen and oxygen atoms in total. The van der Waals surface area contributed by atoms with E-state index in [2.05, 4.69) is 29.5 Å². The Bertz CT molecular complexity index is 642. The first-order valence-electron chi connectivity index (χ1n) is 6.00. The SMILES string of the molecule is Cc1cccc2[nH]c(=S)n(C(C)CCS(C)=O)c12. The average molecular weight is 282 g/mol. The van der Waals surface area contributed by atoms with Gasteiger partial charge in [-0.05, 0) is 44.1 Å². The molecule has 2 aromatic rings. The second kappa shape index (κ2) is 5.36. The quantitative estimate of drug-likeness (QED) is 0.873. The maximum absolute atomic E-state index is 11.2. The molecule has 1 aromatic heterocycles. The largest absolute Gasteiger partial charge is 0.331 e. The summed E-state index contributed by atoms with van der Waals surface area (Å²) < 4.78 is 14.1. The summed E-state index contributed by atoms with van der Waals surface area (Å²) in [5, 5.41) is 0. The number of nitrogens with zero attached hydrogens (tertiary/aromatic N) is 1. The first-order chi connectivity index (χ1) is 8.50. The topological polar surface area (TPSA) is 37.8 Å². The van der Waals surface area contributed by atoms with Crippen molar-refractivity contribution in [2.75, 3.05) is 12.0 Å². The number of hydrogen-bond acceptors (Lipinski definition) is 2. The molecule has 0 saturated carbocycles. The van der Waals surface area contributed by atoms with Crippen molar-refractivity contribution in [1.29, 1.82) is 0 Å². The third-order valence-electron chi connectivity index (χ3n) is 3.20. The van der Waals surface area contributed by atoms with Gasteiger partial charge in [-0.15, -0.1) is 0 Å². The van der Waals surface area contributed by atoms with Crippen LogP contribution in [0.5, 0.6) is 0 Å². The highest BCUT2D eigenvalue weighted by Crippen LogP contribution is 2.24. The van der Waals surface area contributed by atoms with E-state index in [0.717, 1.165) is 22.2 Å². The number of H-pyrrole nitrogens is 1. The van der Waals surface area contributed by atoms with Crippen LogP contribution in [0.1, 0.15) is 24.9 Å². The van der Waals surface area contributed by atoms with Gasteiger partial charge in [-0.25, -0.2) is 0 Å². The molecule has 98 valence electrons. The summed E-state index contributed by atoms with van der Waals surface area (Å²) in [6, 6.07) is 6.42. The molecule has 2 rings (SSSR count). The van der Waals surface area contributed by atoms with E-state index in [9.17, 15) is 4.21 Å². The number of aromatic nitrogens is 2. The van der Waals surface area contributed by atoms with Crippen LogP contribution in [0.15, 0.2) is 18.2 Å². The van der Waals surface area contributed by atoms with Gasteiger partial charge in [0.25, 0.3) is 0 Å². The van der Waals surface area contributed by atoms with Crippen LogP contribution in [0.2, 0.25) is 0 Å². The van der Waals surface area contributed by atoms with Crippen molar-refractivity contribution in [3.63, 3.8) is 0 Å². The predicted molar refractivity (Wildman–Crippen MR) is 80.1 cm³/mol. The minimum atomic E-state index is -0.751. The second-order valence-electron chi connectivity index (χ2n) is 4.69. The van der Waals surface area contributed by atoms with Crippen LogP contribution < -0.4 is 0 Å². The van der Waals surface area contributed by atoms with Gasteiger partial charge < -0.3 is 9.55 Å². The fourth-order valence-corrected chi connectivity index (χ4v) is 3.30. The first kappa shape index (κ1) is 13.5. The zero-order valence-electron chi connectivity index (χ0n) is 10.9. The van der Waals surface area contributed by atoms with Crippen LogP contribution in [0.3, 0.4) is 0 Å².